The van der Waals surface area contributed by atoms with E-state index in [1.165, 1.54) is 6.26 Å². The van der Waals surface area contributed by atoms with E-state index in [0.29, 0.717) is 28.7 Å². The fourth-order valence-corrected chi connectivity index (χ4v) is 6.49. The predicted octanol–water partition coefficient (Wildman–Crippen LogP) is 1.91. The molecule has 32 heavy (non-hydrogen) atoms. The summed E-state index contributed by atoms with van der Waals surface area (Å²) in [6.45, 7) is 4.68. The summed E-state index contributed by atoms with van der Waals surface area (Å²) in [7, 11) is -1.53. The number of aryl methyl sites for hydroxylation is 1. The fraction of sp³-hybridized carbons (Fsp3) is 0.542. The van der Waals surface area contributed by atoms with Gasteiger partial charge in [-0.05, 0) is 61.0 Å². The molecule has 1 aliphatic carbocycles. The first kappa shape index (κ1) is 21.5. The maximum Gasteiger partial charge on any atom is 0.260 e. The van der Waals surface area contributed by atoms with Crippen molar-refractivity contribution in [2.24, 2.45) is 13.0 Å². The minimum atomic E-state index is -3.27. The van der Waals surface area contributed by atoms with Crippen LogP contribution >= 0.6 is 0 Å². The Labute approximate surface area is 189 Å². The van der Waals surface area contributed by atoms with E-state index >= 15 is 0 Å². The lowest BCUT2D eigenvalue weighted by Gasteiger charge is -2.40. The van der Waals surface area contributed by atoms with Gasteiger partial charge in [0.1, 0.15) is 0 Å². The summed E-state index contributed by atoms with van der Waals surface area (Å²) >= 11 is 0. The molecule has 0 aromatic carbocycles. The molecule has 0 saturated carbocycles. The van der Waals surface area contributed by atoms with E-state index in [0.717, 1.165) is 55.9 Å². The summed E-state index contributed by atoms with van der Waals surface area (Å²) in [5.41, 5.74) is 4.90. The molecule has 3 aliphatic heterocycles. The van der Waals surface area contributed by atoms with Crippen molar-refractivity contribution in [1.82, 2.24) is 14.8 Å². The topological polar surface area (TPSA) is 80.6 Å². The van der Waals surface area contributed by atoms with Gasteiger partial charge in [-0.2, -0.15) is 0 Å². The molecule has 0 amide bonds. The second-order valence-corrected chi connectivity index (χ2v) is 11.6. The Hall–Kier alpha value is -2.32. The summed E-state index contributed by atoms with van der Waals surface area (Å²) in [6, 6.07) is 2.40. The first-order chi connectivity index (χ1) is 15.2. The van der Waals surface area contributed by atoms with E-state index in [2.05, 4.69) is 23.3 Å². The highest BCUT2D eigenvalue weighted by molar-refractivity contribution is 7.91. The van der Waals surface area contributed by atoms with Crippen LogP contribution in [-0.2, 0) is 21.6 Å². The molecule has 2 atom stereocenters. The smallest absolute Gasteiger partial charge is 0.260 e. The summed E-state index contributed by atoms with van der Waals surface area (Å²) < 4.78 is 31.7. The molecule has 7 nitrogen and oxygen atoms in total. The van der Waals surface area contributed by atoms with E-state index in [9.17, 15) is 13.2 Å². The van der Waals surface area contributed by atoms with Crippen LogP contribution in [0.25, 0.3) is 11.3 Å². The normalized spacial score (nSPS) is 24.2. The number of pyridine rings is 1. The summed E-state index contributed by atoms with van der Waals surface area (Å²) in [5.74, 6) is 0.465. The zero-order valence-electron chi connectivity index (χ0n) is 18.9. The predicted molar refractivity (Wildman–Crippen MR) is 126 cm³/mol. The largest absolute Gasteiger partial charge is 0.384 e. The van der Waals surface area contributed by atoms with Gasteiger partial charge < -0.3 is 19.5 Å². The molecule has 1 saturated heterocycles. The van der Waals surface area contributed by atoms with E-state index < -0.39 is 9.84 Å². The average molecular weight is 458 g/mol. The maximum atomic E-state index is 13.3. The van der Waals surface area contributed by atoms with Gasteiger partial charge in [0.05, 0.1) is 23.1 Å². The van der Waals surface area contributed by atoms with Crippen LogP contribution in [0, 0.1) is 5.92 Å². The van der Waals surface area contributed by atoms with Crippen LogP contribution < -0.4 is 10.9 Å². The van der Waals surface area contributed by atoms with E-state index in [-0.39, 0.29) is 17.4 Å². The molecule has 1 fully saturated rings. The molecule has 4 aliphatic rings. The molecular formula is C24H31N3O4S. The van der Waals surface area contributed by atoms with E-state index in [1.54, 1.807) is 17.8 Å². The quantitative estimate of drug-likeness (QED) is 0.744. The van der Waals surface area contributed by atoms with Crippen molar-refractivity contribution in [2.45, 2.75) is 38.3 Å². The second kappa shape index (κ2) is 7.92. The second-order valence-electron chi connectivity index (χ2n) is 9.50. The number of fused-ring (bicyclic) bond motifs is 2. The van der Waals surface area contributed by atoms with Gasteiger partial charge in [-0.15, -0.1) is 0 Å². The zero-order chi connectivity index (χ0) is 22.6. The van der Waals surface area contributed by atoms with Crippen LogP contribution in [0.3, 0.4) is 0 Å². The fourth-order valence-electron chi connectivity index (χ4n) is 5.68. The molecule has 4 heterocycles. The molecule has 0 bridgehead atoms. The van der Waals surface area contributed by atoms with E-state index in [1.807, 2.05) is 12.1 Å². The number of rotatable bonds is 4. The van der Waals surface area contributed by atoms with Crippen molar-refractivity contribution in [2.75, 3.05) is 31.8 Å². The van der Waals surface area contributed by atoms with Crippen molar-refractivity contribution in [3.63, 3.8) is 0 Å². The van der Waals surface area contributed by atoms with Crippen molar-refractivity contribution in [3.8, 4) is 0 Å². The van der Waals surface area contributed by atoms with Crippen molar-refractivity contribution in [1.29, 1.82) is 0 Å². The first-order valence-electron chi connectivity index (χ1n) is 11.4. The molecule has 5 rings (SSSR count). The lowest BCUT2D eigenvalue weighted by molar-refractivity contribution is 0.0359. The van der Waals surface area contributed by atoms with Crippen LogP contribution in [0.1, 0.15) is 37.3 Å². The molecule has 2 unspecified atom stereocenters. The van der Waals surface area contributed by atoms with Gasteiger partial charge in [-0.3, -0.25) is 4.79 Å². The number of allylic oxidation sites excluding steroid dienone is 1. The van der Waals surface area contributed by atoms with Crippen LogP contribution in [-0.4, -0.2) is 61.7 Å². The van der Waals surface area contributed by atoms with Crippen LogP contribution in [0.15, 0.2) is 40.5 Å². The minimum absolute atomic E-state index is 0.0920. The third-order valence-electron chi connectivity index (χ3n) is 7.31. The average Bonchev–Trinajstić information content (AvgIpc) is 3.06. The number of hydrogen-bond donors (Lipinski definition) is 1. The Morgan fingerprint density at radius 1 is 1.25 bits per heavy atom. The van der Waals surface area contributed by atoms with Crippen molar-refractivity contribution >= 4 is 21.1 Å². The maximum absolute atomic E-state index is 13.3. The molecule has 172 valence electrons. The monoisotopic (exact) mass is 457 g/mol. The van der Waals surface area contributed by atoms with Gasteiger partial charge in [0.2, 0.25) is 0 Å². The third-order valence-corrected chi connectivity index (χ3v) is 8.15. The standard InChI is InChI=1S/C24H31N3O4S/c1-15(16-6-10-31-11-7-16)27-13-17-12-18(14-32(3,29)30)19-5-9-26(2)24(28)22(19)23-21(17)20(27)4-8-25-23/h5,9,12-13,15-16,20,25H,4,6-8,10-11,14H2,1-3H3. The van der Waals surface area contributed by atoms with Gasteiger partial charge in [-0.1, -0.05) is 0 Å². The summed E-state index contributed by atoms with van der Waals surface area (Å²) in [6.07, 6.45) is 10.2. The number of sulfone groups is 1. The molecule has 1 aromatic heterocycles. The molecule has 0 radical (unpaired) electrons. The zero-order valence-corrected chi connectivity index (χ0v) is 19.7. The van der Waals surface area contributed by atoms with Gasteiger partial charge in [0.25, 0.3) is 5.56 Å². The Morgan fingerprint density at radius 3 is 2.72 bits per heavy atom. The summed E-state index contributed by atoms with van der Waals surface area (Å²) in [5, 5.41) is 3.50. The molecular weight excluding hydrogens is 426 g/mol. The Morgan fingerprint density at radius 2 is 2.00 bits per heavy atom. The van der Waals surface area contributed by atoms with Gasteiger partial charge in [0.15, 0.2) is 9.84 Å². The highest BCUT2D eigenvalue weighted by Crippen LogP contribution is 2.44. The van der Waals surface area contributed by atoms with Crippen LogP contribution in [0.2, 0.25) is 0 Å². The van der Waals surface area contributed by atoms with Crippen LogP contribution in [0.5, 0.6) is 0 Å². The molecule has 8 heteroatoms. The highest BCUT2D eigenvalue weighted by Gasteiger charge is 2.41. The molecule has 0 spiro atoms. The molecule has 1 N–H and O–H groups in total. The van der Waals surface area contributed by atoms with Gasteiger partial charge >= 0.3 is 0 Å². The number of aromatic nitrogens is 1. The number of hydrogen-bond acceptors (Lipinski definition) is 6. The molecule has 1 aromatic rings. The number of nitrogens with one attached hydrogen (secondary N) is 1. The summed E-state index contributed by atoms with van der Waals surface area (Å²) in [4.78, 5) is 15.7. The van der Waals surface area contributed by atoms with Gasteiger partial charge in [-0.25, -0.2) is 8.42 Å². The van der Waals surface area contributed by atoms with Gasteiger partial charge in [0, 0.05) is 57.1 Å². The van der Waals surface area contributed by atoms with E-state index in [4.69, 9.17) is 4.74 Å². The lowest BCUT2D eigenvalue weighted by atomic mass is 9.88. The lowest BCUT2D eigenvalue weighted by Crippen LogP contribution is -2.45. The number of ether oxygens (including phenoxy) is 1. The minimum Gasteiger partial charge on any atom is -0.384 e. The van der Waals surface area contributed by atoms with Crippen molar-refractivity contribution in [3.05, 3.63) is 57.2 Å². The third kappa shape index (κ3) is 3.63. The van der Waals surface area contributed by atoms with Crippen molar-refractivity contribution < 1.29 is 13.2 Å². The number of nitrogens with zero attached hydrogens (tertiary/aromatic N) is 2. The SMILES string of the molecule is CC(C1CCOCC1)N1C=C2C=C(CS(C)(=O)=O)c3ccn(C)c(=O)c3C3=C2C1CCN3. The Bertz CT molecular complexity index is 1200. The first-order valence-corrected chi connectivity index (χ1v) is 13.4. The Balaban J connectivity index is 1.68. The highest BCUT2D eigenvalue weighted by atomic mass is 32.2. The Kier molecular flexibility index (Phi) is 5.33. The van der Waals surface area contributed by atoms with Crippen LogP contribution in [0.4, 0.5) is 0 Å².